The first-order valence-corrected chi connectivity index (χ1v) is 22.7. The maximum absolute atomic E-state index is 12.7. The van der Waals surface area contributed by atoms with Crippen LogP contribution in [0.15, 0.2) is 95.5 Å². The van der Waals surface area contributed by atoms with E-state index in [1.165, 1.54) is 80.1 Å². The van der Waals surface area contributed by atoms with Crippen LogP contribution in [0, 0.1) is 11.5 Å². The minimum atomic E-state index is -4.12. The summed E-state index contributed by atoms with van der Waals surface area (Å²) in [5, 5.41) is 23.9. The molecule has 308 valence electrons. The maximum atomic E-state index is 12.7. The summed E-state index contributed by atoms with van der Waals surface area (Å²) < 4.78 is 57.3. The van der Waals surface area contributed by atoms with Crippen LogP contribution >= 0.6 is 0 Å². The number of nitriles is 1. The molecule has 4 aliphatic carbocycles. The molecule has 18 heteroatoms. The van der Waals surface area contributed by atoms with E-state index >= 15 is 0 Å². The molecule has 4 N–H and O–H groups in total. The van der Waals surface area contributed by atoms with Crippen molar-refractivity contribution in [2.45, 2.75) is 87.1 Å². The molecular formula is C42H42N10O6S2. The second-order valence-electron chi connectivity index (χ2n) is 14.8. The van der Waals surface area contributed by atoms with E-state index in [0.29, 0.717) is 11.6 Å². The zero-order valence-electron chi connectivity index (χ0n) is 32.5. The van der Waals surface area contributed by atoms with Crippen LogP contribution in [0.5, 0.6) is 5.75 Å². The van der Waals surface area contributed by atoms with E-state index in [1.54, 1.807) is 48.8 Å². The van der Waals surface area contributed by atoms with E-state index in [1.807, 2.05) is 6.26 Å². The van der Waals surface area contributed by atoms with Crippen molar-refractivity contribution >= 4 is 31.8 Å². The Hall–Kier alpha value is -6.42. The third kappa shape index (κ3) is 8.64. The number of ether oxygens (including phenoxy) is 1. The van der Waals surface area contributed by atoms with Gasteiger partial charge in [0.2, 0.25) is 0 Å². The van der Waals surface area contributed by atoms with E-state index in [9.17, 15) is 21.6 Å². The topological polar surface area (TPSA) is 230 Å². The fourth-order valence-electron chi connectivity index (χ4n) is 8.36. The van der Waals surface area contributed by atoms with Gasteiger partial charge < -0.3 is 10.1 Å². The zero-order valence-corrected chi connectivity index (χ0v) is 34.2. The van der Waals surface area contributed by atoms with E-state index in [-0.39, 0.29) is 10.1 Å². The summed E-state index contributed by atoms with van der Waals surface area (Å²) >= 11 is 0. The van der Waals surface area contributed by atoms with Crippen molar-refractivity contribution in [3.05, 3.63) is 130 Å². The Balaban J connectivity index is 0.000000139. The third-order valence-electron chi connectivity index (χ3n) is 11.0. The van der Waals surface area contributed by atoms with Gasteiger partial charge in [-0.15, -0.1) is 5.26 Å². The summed E-state index contributed by atoms with van der Waals surface area (Å²) in [4.78, 5) is 20.8. The number of carbonyl (C=O) groups is 1. The normalized spacial score (nSPS) is 14.6. The van der Waals surface area contributed by atoms with Crippen molar-refractivity contribution in [2.75, 3.05) is 5.32 Å². The minimum Gasteiger partial charge on any atom is -0.387 e. The molecule has 4 heterocycles. The Morgan fingerprint density at radius 1 is 0.667 bits per heavy atom. The average Bonchev–Trinajstić information content (AvgIpc) is 4.10. The molecule has 0 spiro atoms. The third-order valence-corrected chi connectivity index (χ3v) is 13.0. The standard InChI is InChI=1S/C21H21N5O3S.C13H13NO.C8H8N4O2S/c27-21(23-20-16-7-3-5-14(16)13-15-6-4-8-17(15)20)25-30(28,29)19-10-12-26(24-19)18-9-1-2-11-22-18;14-8-15-13-11-5-1-3-9(11)7-10-4-2-6-12(10)13;9-15(13,14)8-4-6-12(11-8)7-3-1-2-5-10-7/h1-2,9-13H,3-8H2,(H2,23,25,27);7H,1-6H2;1-6H,(H2,9,13,14). The predicted molar refractivity (Wildman–Crippen MR) is 221 cm³/mol. The lowest BCUT2D eigenvalue weighted by molar-refractivity contribution is 0.256. The summed E-state index contributed by atoms with van der Waals surface area (Å²) in [6.45, 7) is 0. The molecule has 4 aliphatic rings. The molecule has 16 nitrogen and oxygen atoms in total. The number of nitrogens with zero attached hydrogens (tertiary/aromatic N) is 7. The largest absolute Gasteiger partial charge is 0.387 e. The number of anilines is 1. The van der Waals surface area contributed by atoms with Crippen molar-refractivity contribution in [2.24, 2.45) is 5.14 Å². The molecular weight excluding hydrogens is 805 g/mol. The Morgan fingerprint density at radius 2 is 1.13 bits per heavy atom. The Bertz CT molecular complexity index is 2770. The lowest BCUT2D eigenvalue weighted by Gasteiger charge is -2.16. The highest BCUT2D eigenvalue weighted by molar-refractivity contribution is 7.90. The number of carbonyl (C=O) groups excluding carboxylic acids is 1. The van der Waals surface area contributed by atoms with Crippen LogP contribution < -0.4 is 19.9 Å². The number of primary sulfonamides is 1. The number of benzene rings is 2. The SMILES string of the molecule is N#COc1c2c(cc3c1CCC3)CCC2.NS(=O)(=O)c1ccn(-c2ccccn2)n1.O=C(Nc1c2c(cc3c1CCC3)CCC2)NS(=O)(=O)c1ccn(-c2ccccn2)n1. The Labute approximate surface area is 347 Å². The average molecular weight is 847 g/mol. The highest BCUT2D eigenvalue weighted by Crippen LogP contribution is 2.40. The molecule has 0 aliphatic heterocycles. The molecule has 0 saturated carbocycles. The maximum Gasteiger partial charge on any atom is 0.333 e. The molecule has 6 aromatic rings. The quantitative estimate of drug-likeness (QED) is 0.177. The second kappa shape index (κ2) is 17.0. The summed E-state index contributed by atoms with van der Waals surface area (Å²) in [6, 6.07) is 17.0. The number of pyridine rings is 2. The van der Waals surface area contributed by atoms with Crippen molar-refractivity contribution in [3.8, 4) is 23.6 Å². The lowest BCUT2D eigenvalue weighted by Crippen LogP contribution is -2.35. The highest BCUT2D eigenvalue weighted by atomic mass is 32.2. The number of aryl methyl sites for hydroxylation is 4. The first kappa shape index (κ1) is 40.4. The smallest absolute Gasteiger partial charge is 0.333 e. The fourth-order valence-corrected chi connectivity index (χ4v) is 9.64. The van der Waals surface area contributed by atoms with Gasteiger partial charge in [-0.2, -0.15) is 18.6 Å². The van der Waals surface area contributed by atoms with Crippen LogP contribution in [-0.4, -0.2) is 52.4 Å². The zero-order chi connectivity index (χ0) is 41.9. The van der Waals surface area contributed by atoms with Crippen LogP contribution in [0.25, 0.3) is 11.6 Å². The van der Waals surface area contributed by atoms with E-state index in [2.05, 4.69) is 42.3 Å². The number of nitrogens with one attached hydrogen (secondary N) is 2. The Morgan fingerprint density at radius 3 is 1.58 bits per heavy atom. The molecule has 60 heavy (non-hydrogen) atoms. The van der Waals surface area contributed by atoms with Gasteiger partial charge in [0.05, 0.1) is 0 Å². The number of sulfonamides is 2. The number of hydrogen-bond donors (Lipinski definition) is 3. The monoisotopic (exact) mass is 846 g/mol. The van der Waals surface area contributed by atoms with Crippen LogP contribution in [0.2, 0.25) is 0 Å². The van der Waals surface area contributed by atoms with Gasteiger partial charge in [-0.25, -0.2) is 42.4 Å². The number of rotatable bonds is 7. The molecule has 2 aromatic carbocycles. The van der Waals surface area contributed by atoms with Gasteiger partial charge >= 0.3 is 6.03 Å². The fraction of sp³-hybridized carbons (Fsp3) is 0.286. The number of hydrogen-bond acceptors (Lipinski definition) is 11. The molecule has 0 atom stereocenters. The van der Waals surface area contributed by atoms with E-state index in [4.69, 9.17) is 15.1 Å². The molecule has 4 aromatic heterocycles. The van der Waals surface area contributed by atoms with Crippen LogP contribution in [-0.2, 0) is 71.4 Å². The van der Waals surface area contributed by atoms with Gasteiger partial charge in [0, 0.05) is 30.5 Å². The number of nitrogens with two attached hydrogens (primary N) is 1. The van der Waals surface area contributed by atoms with Gasteiger partial charge in [-0.05, 0) is 158 Å². The molecule has 0 bridgehead atoms. The van der Waals surface area contributed by atoms with Crippen molar-refractivity contribution in [1.29, 1.82) is 5.26 Å². The van der Waals surface area contributed by atoms with Crippen molar-refractivity contribution in [3.63, 3.8) is 0 Å². The lowest BCUT2D eigenvalue weighted by atomic mass is 9.99. The summed E-state index contributed by atoms with van der Waals surface area (Å²) in [5.74, 6) is 1.92. The van der Waals surface area contributed by atoms with Crippen LogP contribution in [0.3, 0.4) is 0 Å². The molecule has 2 amide bonds. The molecule has 10 rings (SSSR count). The number of fused-ring (bicyclic) bond motifs is 4. The van der Waals surface area contributed by atoms with Gasteiger partial charge in [0.1, 0.15) is 5.75 Å². The molecule has 0 saturated heterocycles. The minimum absolute atomic E-state index is 0.173. The van der Waals surface area contributed by atoms with Crippen molar-refractivity contribution in [1.82, 2.24) is 34.3 Å². The number of aromatic nitrogens is 6. The van der Waals surface area contributed by atoms with Crippen molar-refractivity contribution < 1.29 is 26.4 Å². The van der Waals surface area contributed by atoms with E-state index in [0.717, 1.165) is 86.8 Å². The summed E-state index contributed by atoms with van der Waals surface area (Å²) in [5.41, 5.74) is 11.1. The predicted octanol–water partition coefficient (Wildman–Crippen LogP) is 5.19. The van der Waals surface area contributed by atoms with Gasteiger partial charge in [0.25, 0.3) is 26.3 Å². The molecule has 0 radical (unpaired) electrons. The second-order valence-corrected chi connectivity index (χ2v) is 17.9. The first-order chi connectivity index (χ1) is 29.0. The van der Waals surface area contributed by atoms with Gasteiger partial charge in [-0.3, -0.25) is 0 Å². The summed E-state index contributed by atoms with van der Waals surface area (Å²) in [7, 11) is -7.87. The summed E-state index contributed by atoms with van der Waals surface area (Å²) in [6.07, 6.45) is 20.8. The molecule has 0 unspecified atom stereocenters. The molecule has 0 fully saturated rings. The van der Waals surface area contributed by atoms with Gasteiger partial charge in [0.15, 0.2) is 21.7 Å². The van der Waals surface area contributed by atoms with E-state index < -0.39 is 26.1 Å². The number of urea groups is 1. The first-order valence-electron chi connectivity index (χ1n) is 19.7. The highest BCUT2D eigenvalue weighted by Gasteiger charge is 2.28. The Kier molecular flexibility index (Phi) is 11.5. The van der Waals surface area contributed by atoms with Crippen LogP contribution in [0.1, 0.15) is 70.2 Å². The van der Waals surface area contributed by atoms with Gasteiger partial charge in [-0.1, -0.05) is 24.3 Å². The number of amides is 2. The van der Waals surface area contributed by atoms with Crippen LogP contribution in [0.4, 0.5) is 10.5 Å².